The summed E-state index contributed by atoms with van der Waals surface area (Å²) >= 11 is 0. The number of allylic oxidation sites excluding steroid dienone is 1. The summed E-state index contributed by atoms with van der Waals surface area (Å²) in [5.74, 6) is -0.144. The molecule has 0 radical (unpaired) electrons. The number of aromatic nitrogens is 1. The highest BCUT2D eigenvalue weighted by Gasteiger charge is 2.10. The molecule has 1 heterocycles. The molecule has 3 heteroatoms. The fraction of sp³-hybridized carbons (Fsp3) is 0.450. The van der Waals surface area contributed by atoms with Crippen LogP contribution in [0.2, 0.25) is 0 Å². The van der Waals surface area contributed by atoms with Gasteiger partial charge >= 0.3 is 5.97 Å². The molecule has 124 valence electrons. The van der Waals surface area contributed by atoms with E-state index in [1.165, 1.54) is 30.9 Å². The Morgan fingerprint density at radius 3 is 2.61 bits per heavy atom. The molecule has 0 fully saturated rings. The average molecular weight is 313 g/mol. The van der Waals surface area contributed by atoms with Gasteiger partial charge in [0, 0.05) is 29.2 Å². The molecule has 1 N–H and O–H groups in total. The lowest BCUT2D eigenvalue weighted by Crippen LogP contribution is -2.04. The van der Waals surface area contributed by atoms with E-state index in [-0.39, 0.29) is 0 Å². The number of hydrogen-bond donors (Lipinski definition) is 1. The predicted octanol–water partition coefficient (Wildman–Crippen LogP) is 5.52. The molecule has 0 aliphatic rings. The highest BCUT2D eigenvalue weighted by Crippen LogP contribution is 2.26. The Labute approximate surface area is 138 Å². The summed E-state index contributed by atoms with van der Waals surface area (Å²) in [5, 5.41) is 10.0. The highest BCUT2D eigenvalue weighted by atomic mass is 16.4. The maximum absolute atomic E-state index is 10.8. The number of hydrogen-bond acceptors (Lipinski definition) is 1. The monoisotopic (exact) mass is 313 g/mol. The van der Waals surface area contributed by atoms with Crippen LogP contribution in [-0.4, -0.2) is 15.6 Å². The molecular weight excluding hydrogens is 286 g/mol. The quantitative estimate of drug-likeness (QED) is 0.684. The SMILES string of the molecule is CC(=CC(=O)O)c1ccc2c(ccn2C(C)CCCC(C)C)c1. The van der Waals surface area contributed by atoms with Crippen LogP contribution in [0.15, 0.2) is 36.5 Å². The maximum atomic E-state index is 10.8. The topological polar surface area (TPSA) is 42.2 Å². The van der Waals surface area contributed by atoms with Gasteiger partial charge < -0.3 is 9.67 Å². The summed E-state index contributed by atoms with van der Waals surface area (Å²) in [6.07, 6.45) is 7.10. The van der Waals surface area contributed by atoms with Gasteiger partial charge in [-0.15, -0.1) is 0 Å². The Morgan fingerprint density at radius 1 is 1.22 bits per heavy atom. The van der Waals surface area contributed by atoms with Crippen LogP contribution in [0.1, 0.15) is 58.6 Å². The first-order valence-corrected chi connectivity index (χ1v) is 8.40. The number of nitrogens with zero attached hydrogens (tertiary/aromatic N) is 1. The maximum Gasteiger partial charge on any atom is 0.328 e. The van der Waals surface area contributed by atoms with E-state index in [9.17, 15) is 4.79 Å². The van der Waals surface area contributed by atoms with Gasteiger partial charge in [0.05, 0.1) is 0 Å². The van der Waals surface area contributed by atoms with E-state index >= 15 is 0 Å². The van der Waals surface area contributed by atoms with Gasteiger partial charge in [-0.3, -0.25) is 0 Å². The van der Waals surface area contributed by atoms with E-state index in [0.29, 0.717) is 6.04 Å². The first-order chi connectivity index (χ1) is 10.9. The highest BCUT2D eigenvalue weighted by molar-refractivity contribution is 5.91. The average Bonchev–Trinajstić information content (AvgIpc) is 2.88. The first-order valence-electron chi connectivity index (χ1n) is 8.40. The Hall–Kier alpha value is -2.03. The van der Waals surface area contributed by atoms with Crippen molar-refractivity contribution in [2.24, 2.45) is 5.92 Å². The second-order valence-electron chi connectivity index (χ2n) is 6.84. The first kappa shape index (κ1) is 17.3. The van der Waals surface area contributed by atoms with Crippen molar-refractivity contribution in [3.63, 3.8) is 0 Å². The molecule has 1 aromatic heterocycles. The van der Waals surface area contributed by atoms with Gasteiger partial charge in [-0.1, -0.05) is 32.8 Å². The molecule has 1 unspecified atom stereocenters. The molecule has 0 saturated heterocycles. The van der Waals surface area contributed by atoms with E-state index in [4.69, 9.17) is 5.11 Å². The van der Waals surface area contributed by atoms with Crippen molar-refractivity contribution in [1.29, 1.82) is 0 Å². The molecule has 2 rings (SSSR count). The summed E-state index contributed by atoms with van der Waals surface area (Å²) in [5.41, 5.74) is 2.95. The van der Waals surface area contributed by atoms with Crippen molar-refractivity contribution in [3.05, 3.63) is 42.1 Å². The number of carboxylic acid groups (broad SMARTS) is 1. The smallest absolute Gasteiger partial charge is 0.328 e. The molecule has 1 aromatic carbocycles. The lowest BCUT2D eigenvalue weighted by Gasteiger charge is -2.16. The zero-order valence-electron chi connectivity index (χ0n) is 14.5. The van der Waals surface area contributed by atoms with Crippen molar-refractivity contribution in [1.82, 2.24) is 4.57 Å². The molecule has 1 atom stereocenters. The molecular formula is C20H27NO2. The molecule has 0 aliphatic carbocycles. The van der Waals surface area contributed by atoms with Crippen LogP contribution in [0.4, 0.5) is 0 Å². The van der Waals surface area contributed by atoms with Crippen molar-refractivity contribution in [2.45, 2.75) is 53.0 Å². The molecule has 0 saturated carbocycles. The van der Waals surface area contributed by atoms with Crippen LogP contribution >= 0.6 is 0 Å². The molecule has 0 aliphatic heterocycles. The fourth-order valence-corrected chi connectivity index (χ4v) is 3.02. The second kappa shape index (κ2) is 7.49. The minimum absolute atomic E-state index is 0.479. The van der Waals surface area contributed by atoms with Gasteiger partial charge in [-0.2, -0.15) is 0 Å². The van der Waals surface area contributed by atoms with Crippen LogP contribution in [0.5, 0.6) is 0 Å². The summed E-state index contributed by atoms with van der Waals surface area (Å²) in [7, 11) is 0. The number of rotatable bonds is 7. The number of fused-ring (bicyclic) bond motifs is 1. The Morgan fingerprint density at radius 2 is 1.96 bits per heavy atom. The number of benzene rings is 1. The molecule has 0 spiro atoms. The van der Waals surface area contributed by atoms with Gasteiger partial charge in [0.25, 0.3) is 0 Å². The van der Waals surface area contributed by atoms with Crippen molar-refractivity contribution >= 4 is 22.4 Å². The van der Waals surface area contributed by atoms with Gasteiger partial charge in [0.15, 0.2) is 0 Å². The Balaban J connectivity index is 2.20. The second-order valence-corrected chi connectivity index (χ2v) is 6.84. The minimum atomic E-state index is -0.904. The van der Waals surface area contributed by atoms with E-state index in [2.05, 4.69) is 49.7 Å². The third-order valence-corrected chi connectivity index (χ3v) is 4.39. The standard InChI is InChI=1S/C20H27NO2/c1-14(2)6-5-7-16(4)21-11-10-18-13-17(8-9-19(18)21)15(3)12-20(22)23/h8-14,16H,5-7H2,1-4H3,(H,22,23). The number of aliphatic carboxylic acids is 1. The van der Waals surface area contributed by atoms with Gasteiger partial charge in [0.2, 0.25) is 0 Å². The van der Waals surface area contributed by atoms with E-state index in [0.717, 1.165) is 22.4 Å². The lowest BCUT2D eigenvalue weighted by atomic mass is 10.0. The third-order valence-electron chi connectivity index (χ3n) is 4.39. The van der Waals surface area contributed by atoms with Crippen LogP contribution in [-0.2, 0) is 4.79 Å². The lowest BCUT2D eigenvalue weighted by molar-refractivity contribution is -0.131. The van der Waals surface area contributed by atoms with Crippen LogP contribution in [0.25, 0.3) is 16.5 Å². The fourth-order valence-electron chi connectivity index (χ4n) is 3.02. The molecule has 2 aromatic rings. The third kappa shape index (κ3) is 4.47. The van der Waals surface area contributed by atoms with E-state index < -0.39 is 5.97 Å². The Bertz CT molecular complexity index is 710. The zero-order valence-corrected chi connectivity index (χ0v) is 14.5. The largest absolute Gasteiger partial charge is 0.478 e. The Kier molecular flexibility index (Phi) is 5.64. The summed E-state index contributed by atoms with van der Waals surface area (Å²) in [6, 6.07) is 8.78. The van der Waals surface area contributed by atoms with Crippen LogP contribution in [0, 0.1) is 5.92 Å². The van der Waals surface area contributed by atoms with Crippen LogP contribution < -0.4 is 0 Å². The summed E-state index contributed by atoms with van der Waals surface area (Å²) in [4.78, 5) is 10.8. The predicted molar refractivity (Wildman–Crippen MR) is 96.6 cm³/mol. The van der Waals surface area contributed by atoms with Gasteiger partial charge in [0.1, 0.15) is 0 Å². The van der Waals surface area contributed by atoms with E-state index in [1.807, 2.05) is 13.0 Å². The van der Waals surface area contributed by atoms with Crippen molar-refractivity contribution in [3.8, 4) is 0 Å². The van der Waals surface area contributed by atoms with Crippen LogP contribution in [0.3, 0.4) is 0 Å². The van der Waals surface area contributed by atoms with Crippen molar-refractivity contribution < 1.29 is 9.90 Å². The van der Waals surface area contributed by atoms with E-state index in [1.54, 1.807) is 0 Å². The van der Waals surface area contributed by atoms with Crippen molar-refractivity contribution in [2.75, 3.05) is 0 Å². The molecule has 0 bridgehead atoms. The normalized spacial score (nSPS) is 13.7. The zero-order chi connectivity index (χ0) is 17.0. The number of carbonyl (C=O) groups is 1. The minimum Gasteiger partial charge on any atom is -0.478 e. The van der Waals surface area contributed by atoms with Gasteiger partial charge in [-0.25, -0.2) is 4.79 Å². The summed E-state index contributed by atoms with van der Waals surface area (Å²) < 4.78 is 2.33. The molecule has 3 nitrogen and oxygen atoms in total. The molecule has 23 heavy (non-hydrogen) atoms. The molecule has 0 amide bonds. The van der Waals surface area contributed by atoms with Gasteiger partial charge in [-0.05, 0) is 55.5 Å². The summed E-state index contributed by atoms with van der Waals surface area (Å²) in [6.45, 7) is 8.64. The number of carboxylic acids is 1.